The third-order valence-electron chi connectivity index (χ3n) is 7.90. The van der Waals surface area contributed by atoms with Gasteiger partial charge in [-0.15, -0.1) is 0 Å². The zero-order valence-corrected chi connectivity index (χ0v) is 26.2. The molecule has 0 aliphatic rings. The molecule has 8 nitrogen and oxygen atoms in total. The van der Waals surface area contributed by atoms with Crippen molar-refractivity contribution in [3.63, 3.8) is 0 Å². The molecule has 2 aromatic carbocycles. The highest BCUT2D eigenvalue weighted by atomic mass is 32.2. The number of aliphatic hydroxyl groups is 1. The van der Waals surface area contributed by atoms with Crippen LogP contribution in [0.25, 0.3) is 10.9 Å². The normalized spacial score (nSPS) is 14.6. The van der Waals surface area contributed by atoms with Crippen molar-refractivity contribution in [2.24, 2.45) is 0 Å². The first-order valence-electron chi connectivity index (χ1n) is 14.1. The van der Waals surface area contributed by atoms with Crippen LogP contribution in [0, 0.1) is 5.82 Å². The Labute approximate surface area is 258 Å². The molecule has 13 heteroatoms. The summed E-state index contributed by atoms with van der Waals surface area (Å²) in [7, 11) is -2.14. The molecule has 2 aromatic heterocycles. The van der Waals surface area contributed by atoms with Crippen LogP contribution in [0.4, 0.5) is 17.6 Å². The minimum absolute atomic E-state index is 0.00106. The van der Waals surface area contributed by atoms with E-state index >= 15 is 0 Å². The van der Waals surface area contributed by atoms with Crippen LogP contribution < -0.4 is 10.1 Å². The Bertz CT molecular complexity index is 1800. The molecule has 0 aliphatic carbocycles. The van der Waals surface area contributed by atoms with Gasteiger partial charge in [0.05, 0.1) is 30.6 Å². The lowest BCUT2D eigenvalue weighted by Crippen LogP contribution is -2.51. The number of hydrogen-bond donors (Lipinski definition) is 3. The molecule has 0 unspecified atom stereocenters. The summed E-state index contributed by atoms with van der Waals surface area (Å²) < 4.78 is 87.8. The molecule has 0 saturated heterocycles. The first kappa shape index (κ1) is 33.9. The zero-order chi connectivity index (χ0) is 33.4. The van der Waals surface area contributed by atoms with E-state index < -0.39 is 57.6 Å². The van der Waals surface area contributed by atoms with E-state index in [2.05, 4.69) is 15.3 Å². The van der Waals surface area contributed by atoms with Crippen molar-refractivity contribution in [3.8, 4) is 5.75 Å². The standard InChI is InChI=1S/C32H35F4N3O5S/c1-6-45(42,43)28-14-21-13-23(39-27(21)17-37-28)16-31(41,32(34,35)36)18-30(3,4)26-12-9-22(33)15-25(26)29(40)38-19(2)20-7-10-24(44-5)11-8-20/h7-15,17,19,39,41H,6,16,18H2,1-5H3,(H,38,40)/t19-,31+/m0/s1. The molecule has 2 heterocycles. The summed E-state index contributed by atoms with van der Waals surface area (Å²) in [6, 6.07) is 12.3. The van der Waals surface area contributed by atoms with Crippen LogP contribution >= 0.6 is 0 Å². The molecule has 2 atom stereocenters. The van der Waals surface area contributed by atoms with E-state index in [1.807, 2.05) is 0 Å². The Morgan fingerprint density at radius 2 is 1.76 bits per heavy atom. The van der Waals surface area contributed by atoms with Gasteiger partial charge in [-0.2, -0.15) is 13.2 Å². The molecule has 4 rings (SSSR count). The van der Waals surface area contributed by atoms with Crippen LogP contribution in [0.5, 0.6) is 5.75 Å². The minimum Gasteiger partial charge on any atom is -0.497 e. The number of fused-ring (bicyclic) bond motifs is 1. The predicted molar refractivity (Wildman–Crippen MR) is 161 cm³/mol. The number of hydrogen-bond acceptors (Lipinski definition) is 6. The maximum absolute atomic E-state index is 14.6. The number of sulfone groups is 1. The quantitative estimate of drug-likeness (QED) is 0.167. The van der Waals surface area contributed by atoms with Crippen LogP contribution in [-0.2, 0) is 21.7 Å². The van der Waals surface area contributed by atoms with Crippen molar-refractivity contribution >= 4 is 26.6 Å². The second kappa shape index (κ2) is 12.4. The van der Waals surface area contributed by atoms with E-state index in [1.54, 1.807) is 31.2 Å². The number of nitrogens with zero attached hydrogens (tertiary/aromatic N) is 1. The fourth-order valence-electron chi connectivity index (χ4n) is 5.43. The van der Waals surface area contributed by atoms with Gasteiger partial charge < -0.3 is 20.1 Å². The van der Waals surface area contributed by atoms with Crippen molar-refractivity contribution in [1.82, 2.24) is 15.3 Å². The number of methoxy groups -OCH3 is 1. The van der Waals surface area contributed by atoms with Crippen molar-refractivity contribution in [3.05, 3.63) is 89.0 Å². The molecular weight excluding hydrogens is 614 g/mol. The van der Waals surface area contributed by atoms with Gasteiger partial charge >= 0.3 is 6.18 Å². The molecule has 0 spiro atoms. The van der Waals surface area contributed by atoms with Gasteiger partial charge in [0.25, 0.3) is 5.91 Å². The Morgan fingerprint density at radius 3 is 2.36 bits per heavy atom. The number of nitrogens with one attached hydrogen (secondary N) is 2. The maximum Gasteiger partial charge on any atom is 0.417 e. The number of ether oxygens (including phenoxy) is 1. The number of halogens is 4. The number of aromatic amines is 1. The highest BCUT2D eigenvalue weighted by Gasteiger charge is 2.56. The third kappa shape index (κ3) is 7.30. The van der Waals surface area contributed by atoms with Gasteiger partial charge in [-0.05, 0) is 66.3 Å². The summed E-state index contributed by atoms with van der Waals surface area (Å²) in [6.07, 6.45) is -5.68. The average molecular weight is 650 g/mol. The number of rotatable bonds is 11. The Hall–Kier alpha value is -3.97. The van der Waals surface area contributed by atoms with Crippen LogP contribution in [0.2, 0.25) is 0 Å². The Morgan fingerprint density at radius 1 is 1.09 bits per heavy atom. The fourth-order valence-corrected chi connectivity index (χ4v) is 6.25. The van der Waals surface area contributed by atoms with E-state index in [-0.39, 0.29) is 27.6 Å². The van der Waals surface area contributed by atoms with Crippen LogP contribution in [-0.4, -0.2) is 54.0 Å². The molecule has 45 heavy (non-hydrogen) atoms. The number of pyridine rings is 1. The van der Waals surface area contributed by atoms with E-state index in [9.17, 15) is 35.9 Å². The summed E-state index contributed by atoms with van der Waals surface area (Å²) in [5.41, 5.74) is -3.80. The average Bonchev–Trinajstić information content (AvgIpc) is 3.37. The lowest BCUT2D eigenvalue weighted by Gasteiger charge is -2.38. The largest absolute Gasteiger partial charge is 0.497 e. The van der Waals surface area contributed by atoms with E-state index in [0.717, 1.165) is 17.7 Å². The van der Waals surface area contributed by atoms with Crippen LogP contribution in [0.15, 0.2) is 65.8 Å². The fraction of sp³-hybridized carbons (Fsp3) is 0.375. The molecule has 4 aromatic rings. The highest BCUT2D eigenvalue weighted by Crippen LogP contribution is 2.44. The van der Waals surface area contributed by atoms with Gasteiger partial charge in [0.15, 0.2) is 20.5 Å². The number of amides is 1. The van der Waals surface area contributed by atoms with Crippen LogP contribution in [0.3, 0.4) is 0 Å². The van der Waals surface area contributed by atoms with Crippen LogP contribution in [0.1, 0.15) is 67.3 Å². The van der Waals surface area contributed by atoms with Gasteiger partial charge in [0.2, 0.25) is 0 Å². The van der Waals surface area contributed by atoms with Crippen molar-refractivity contribution in [1.29, 1.82) is 0 Å². The van der Waals surface area contributed by atoms with Gasteiger partial charge in [0.1, 0.15) is 11.6 Å². The second-order valence-electron chi connectivity index (χ2n) is 11.7. The molecule has 0 radical (unpaired) electrons. The van der Waals surface area contributed by atoms with Crippen molar-refractivity contribution < 1.29 is 40.6 Å². The Kier molecular flexibility index (Phi) is 9.37. The smallest absolute Gasteiger partial charge is 0.417 e. The lowest BCUT2D eigenvalue weighted by atomic mass is 9.72. The monoisotopic (exact) mass is 649 g/mol. The topological polar surface area (TPSA) is 121 Å². The van der Waals surface area contributed by atoms with Gasteiger partial charge in [-0.25, -0.2) is 17.8 Å². The second-order valence-corrected chi connectivity index (χ2v) is 14.0. The first-order valence-corrected chi connectivity index (χ1v) is 15.8. The molecule has 0 bridgehead atoms. The molecule has 0 saturated carbocycles. The van der Waals surface area contributed by atoms with E-state index in [1.165, 1.54) is 52.3 Å². The number of carbonyl (C=O) groups excluding carboxylic acids is 1. The van der Waals surface area contributed by atoms with E-state index in [4.69, 9.17) is 4.74 Å². The summed E-state index contributed by atoms with van der Waals surface area (Å²) in [6.45, 7) is 6.05. The lowest BCUT2D eigenvalue weighted by molar-refractivity contribution is -0.266. The third-order valence-corrected chi connectivity index (χ3v) is 9.52. The van der Waals surface area contributed by atoms with Gasteiger partial charge in [-0.1, -0.05) is 39.0 Å². The van der Waals surface area contributed by atoms with Gasteiger partial charge in [0, 0.05) is 23.1 Å². The Balaban J connectivity index is 1.65. The maximum atomic E-state index is 14.6. The predicted octanol–water partition coefficient (Wildman–Crippen LogP) is 6.20. The summed E-state index contributed by atoms with van der Waals surface area (Å²) in [5.74, 6) is -1.03. The highest BCUT2D eigenvalue weighted by molar-refractivity contribution is 7.91. The number of aromatic nitrogens is 2. The van der Waals surface area contributed by atoms with Gasteiger partial charge in [-0.3, -0.25) is 4.79 Å². The number of H-pyrrole nitrogens is 1. The molecule has 3 N–H and O–H groups in total. The molecule has 242 valence electrons. The SMILES string of the molecule is CCS(=O)(=O)c1cc2cc(C[C@@](O)(CC(C)(C)c3ccc(F)cc3C(=O)N[C@@H](C)c3ccc(OC)cc3)C(F)(F)F)[nH]c2cn1. The summed E-state index contributed by atoms with van der Waals surface area (Å²) >= 11 is 0. The van der Waals surface area contributed by atoms with Crippen molar-refractivity contribution in [2.75, 3.05) is 12.9 Å². The number of carbonyl (C=O) groups is 1. The molecule has 1 amide bonds. The molecule has 0 fully saturated rings. The number of alkyl halides is 3. The summed E-state index contributed by atoms with van der Waals surface area (Å²) in [5, 5.41) is 14.1. The molecular formula is C32H35F4N3O5S. The number of benzene rings is 2. The summed E-state index contributed by atoms with van der Waals surface area (Å²) in [4.78, 5) is 20.1. The molecule has 0 aliphatic heterocycles. The minimum atomic E-state index is -5.11. The zero-order valence-electron chi connectivity index (χ0n) is 25.4. The van der Waals surface area contributed by atoms with E-state index in [0.29, 0.717) is 16.7 Å². The first-order chi connectivity index (χ1) is 20.9. The van der Waals surface area contributed by atoms with Crippen molar-refractivity contribution in [2.45, 2.75) is 68.8 Å².